The van der Waals surface area contributed by atoms with E-state index in [1.165, 1.54) is 0 Å². The third-order valence-corrected chi connectivity index (χ3v) is 2.33. The van der Waals surface area contributed by atoms with Gasteiger partial charge in [-0.2, -0.15) is 5.10 Å². The number of nitrogens with one attached hydrogen (secondary N) is 1. The Morgan fingerprint density at radius 3 is 3.07 bits per heavy atom. The quantitative estimate of drug-likeness (QED) is 0.665. The summed E-state index contributed by atoms with van der Waals surface area (Å²) >= 11 is 0. The fourth-order valence-electron chi connectivity index (χ4n) is 1.46. The summed E-state index contributed by atoms with van der Waals surface area (Å²) in [6.45, 7) is 2.60. The standard InChI is InChI=1S/C10H17N3O2/c1-2-3-4-9(15-7-14)5-8-6-12-13-10(8)11/h6-7,9H,2-5H2,1H3,(H3,11,12,13). The second-order valence-corrected chi connectivity index (χ2v) is 3.51. The molecule has 0 spiro atoms. The zero-order chi connectivity index (χ0) is 11.1. The van der Waals surface area contributed by atoms with Gasteiger partial charge in [0.15, 0.2) is 0 Å². The smallest absolute Gasteiger partial charge is 0.293 e. The highest BCUT2D eigenvalue weighted by Crippen LogP contribution is 2.14. The molecule has 0 radical (unpaired) electrons. The first-order valence-corrected chi connectivity index (χ1v) is 5.14. The lowest BCUT2D eigenvalue weighted by Gasteiger charge is -2.13. The predicted octanol–water partition coefficient (Wildman–Crippen LogP) is 1.27. The van der Waals surface area contributed by atoms with Crippen molar-refractivity contribution in [3.05, 3.63) is 11.8 Å². The van der Waals surface area contributed by atoms with Gasteiger partial charge in [0.05, 0.1) is 6.20 Å². The van der Waals surface area contributed by atoms with Crippen LogP contribution in [0.3, 0.4) is 0 Å². The lowest BCUT2D eigenvalue weighted by Crippen LogP contribution is -2.15. The number of hydrogen-bond donors (Lipinski definition) is 2. The molecule has 0 saturated heterocycles. The van der Waals surface area contributed by atoms with Crippen LogP contribution in [0.2, 0.25) is 0 Å². The monoisotopic (exact) mass is 211 g/mol. The average Bonchev–Trinajstić information content (AvgIpc) is 2.61. The minimum atomic E-state index is -0.0950. The minimum absolute atomic E-state index is 0.0950. The van der Waals surface area contributed by atoms with E-state index in [2.05, 4.69) is 17.1 Å². The molecule has 0 aliphatic rings. The molecule has 5 nitrogen and oxygen atoms in total. The van der Waals surface area contributed by atoms with Crippen molar-refractivity contribution in [2.24, 2.45) is 0 Å². The van der Waals surface area contributed by atoms with E-state index in [0.717, 1.165) is 24.8 Å². The molecule has 0 amide bonds. The number of nitrogens with zero attached hydrogens (tertiary/aromatic N) is 1. The van der Waals surface area contributed by atoms with E-state index in [1.54, 1.807) is 6.20 Å². The lowest BCUT2D eigenvalue weighted by molar-refractivity contribution is -0.133. The van der Waals surface area contributed by atoms with Crippen LogP contribution >= 0.6 is 0 Å². The first kappa shape index (κ1) is 11.6. The Hall–Kier alpha value is -1.52. The number of ether oxygens (including phenoxy) is 1. The van der Waals surface area contributed by atoms with Crippen LogP contribution in [0.25, 0.3) is 0 Å². The third kappa shape index (κ3) is 3.61. The lowest BCUT2D eigenvalue weighted by atomic mass is 10.1. The number of aromatic nitrogens is 2. The SMILES string of the molecule is CCCCC(Cc1cn[nH]c1N)OC=O. The van der Waals surface area contributed by atoms with Crippen LogP contribution in [0.4, 0.5) is 5.82 Å². The molecule has 1 heterocycles. The molecule has 0 saturated carbocycles. The fraction of sp³-hybridized carbons (Fsp3) is 0.600. The topological polar surface area (TPSA) is 81.0 Å². The normalized spacial score (nSPS) is 12.3. The summed E-state index contributed by atoms with van der Waals surface area (Å²) in [5.41, 5.74) is 6.55. The van der Waals surface area contributed by atoms with E-state index in [-0.39, 0.29) is 6.10 Å². The third-order valence-electron chi connectivity index (χ3n) is 2.33. The maximum Gasteiger partial charge on any atom is 0.293 e. The number of hydrogen-bond acceptors (Lipinski definition) is 4. The average molecular weight is 211 g/mol. The fourth-order valence-corrected chi connectivity index (χ4v) is 1.46. The summed E-state index contributed by atoms with van der Waals surface area (Å²) in [5, 5.41) is 6.48. The van der Waals surface area contributed by atoms with Gasteiger partial charge in [-0.1, -0.05) is 19.8 Å². The molecule has 0 aliphatic heterocycles. The number of rotatable bonds is 7. The first-order valence-electron chi connectivity index (χ1n) is 5.14. The molecule has 5 heteroatoms. The summed E-state index contributed by atoms with van der Waals surface area (Å²) in [7, 11) is 0. The van der Waals surface area contributed by atoms with Crippen molar-refractivity contribution in [2.45, 2.75) is 38.7 Å². The molecular formula is C10H17N3O2. The van der Waals surface area contributed by atoms with Crippen LogP contribution in [0.15, 0.2) is 6.20 Å². The van der Waals surface area contributed by atoms with Crippen LogP contribution in [0, 0.1) is 0 Å². The van der Waals surface area contributed by atoms with Gasteiger partial charge in [-0.3, -0.25) is 9.89 Å². The summed E-state index contributed by atoms with van der Waals surface area (Å²) in [5.74, 6) is 0.547. The molecule has 1 unspecified atom stereocenters. The van der Waals surface area contributed by atoms with Crippen LogP contribution in [-0.4, -0.2) is 22.8 Å². The van der Waals surface area contributed by atoms with Crippen LogP contribution in [-0.2, 0) is 16.0 Å². The van der Waals surface area contributed by atoms with E-state index < -0.39 is 0 Å². The molecule has 1 atom stereocenters. The Morgan fingerprint density at radius 1 is 1.73 bits per heavy atom. The van der Waals surface area contributed by atoms with Crippen molar-refractivity contribution in [3.63, 3.8) is 0 Å². The van der Waals surface area contributed by atoms with Gasteiger partial charge in [-0.15, -0.1) is 0 Å². The highest BCUT2D eigenvalue weighted by atomic mass is 16.5. The Bertz CT molecular complexity index is 299. The van der Waals surface area contributed by atoms with Crippen molar-refractivity contribution in [2.75, 3.05) is 5.73 Å². The van der Waals surface area contributed by atoms with Crippen LogP contribution < -0.4 is 5.73 Å². The van der Waals surface area contributed by atoms with Gasteiger partial charge in [-0.25, -0.2) is 0 Å². The number of aromatic amines is 1. The molecule has 3 N–H and O–H groups in total. The van der Waals surface area contributed by atoms with E-state index in [0.29, 0.717) is 18.7 Å². The first-order chi connectivity index (χ1) is 7.27. The number of anilines is 1. The predicted molar refractivity (Wildman–Crippen MR) is 57.2 cm³/mol. The number of carbonyl (C=O) groups excluding carboxylic acids is 1. The second kappa shape index (κ2) is 6.06. The zero-order valence-electron chi connectivity index (χ0n) is 8.90. The molecule has 1 aromatic heterocycles. The summed E-state index contributed by atoms with van der Waals surface area (Å²) in [4.78, 5) is 10.3. The van der Waals surface area contributed by atoms with Crippen molar-refractivity contribution < 1.29 is 9.53 Å². The molecule has 15 heavy (non-hydrogen) atoms. The molecule has 0 aromatic carbocycles. The number of nitrogen functional groups attached to an aromatic ring is 1. The number of carbonyl (C=O) groups is 1. The van der Waals surface area contributed by atoms with Gasteiger partial charge in [0.2, 0.25) is 0 Å². The van der Waals surface area contributed by atoms with Crippen molar-refractivity contribution in [1.82, 2.24) is 10.2 Å². The molecular weight excluding hydrogens is 194 g/mol. The molecule has 1 aromatic rings. The number of unbranched alkanes of at least 4 members (excludes halogenated alkanes) is 1. The summed E-state index contributed by atoms with van der Waals surface area (Å²) in [6, 6.07) is 0. The Balaban J connectivity index is 2.50. The Morgan fingerprint density at radius 2 is 2.53 bits per heavy atom. The summed E-state index contributed by atoms with van der Waals surface area (Å²) in [6.07, 6.45) is 5.18. The van der Waals surface area contributed by atoms with Gasteiger partial charge >= 0.3 is 0 Å². The second-order valence-electron chi connectivity index (χ2n) is 3.51. The van der Waals surface area contributed by atoms with Gasteiger partial charge in [0.1, 0.15) is 11.9 Å². The van der Waals surface area contributed by atoms with Gasteiger partial charge < -0.3 is 10.5 Å². The van der Waals surface area contributed by atoms with E-state index in [9.17, 15) is 4.79 Å². The zero-order valence-corrected chi connectivity index (χ0v) is 8.90. The minimum Gasteiger partial charge on any atom is -0.464 e. The van der Waals surface area contributed by atoms with E-state index in [4.69, 9.17) is 10.5 Å². The maximum atomic E-state index is 10.3. The number of H-pyrrole nitrogens is 1. The highest BCUT2D eigenvalue weighted by Gasteiger charge is 2.12. The van der Waals surface area contributed by atoms with E-state index >= 15 is 0 Å². The van der Waals surface area contributed by atoms with Gasteiger partial charge in [-0.05, 0) is 6.42 Å². The molecule has 1 rings (SSSR count). The highest BCUT2D eigenvalue weighted by molar-refractivity contribution is 5.39. The van der Waals surface area contributed by atoms with Crippen LogP contribution in [0.5, 0.6) is 0 Å². The molecule has 0 aliphatic carbocycles. The van der Waals surface area contributed by atoms with Crippen molar-refractivity contribution in [1.29, 1.82) is 0 Å². The van der Waals surface area contributed by atoms with Crippen LogP contribution in [0.1, 0.15) is 31.7 Å². The molecule has 84 valence electrons. The largest absolute Gasteiger partial charge is 0.464 e. The van der Waals surface area contributed by atoms with Gasteiger partial charge in [0.25, 0.3) is 6.47 Å². The van der Waals surface area contributed by atoms with E-state index in [1.807, 2.05) is 0 Å². The maximum absolute atomic E-state index is 10.3. The Kier molecular flexibility index (Phi) is 4.66. The van der Waals surface area contributed by atoms with Crippen molar-refractivity contribution >= 4 is 12.3 Å². The van der Waals surface area contributed by atoms with Crippen molar-refractivity contribution in [3.8, 4) is 0 Å². The number of nitrogens with two attached hydrogens (primary N) is 1. The molecule has 0 bridgehead atoms. The summed E-state index contributed by atoms with van der Waals surface area (Å²) < 4.78 is 4.99. The Labute approximate surface area is 89.0 Å². The molecule has 0 fully saturated rings. The van der Waals surface area contributed by atoms with Gasteiger partial charge in [0, 0.05) is 12.0 Å².